The fourth-order valence-corrected chi connectivity index (χ4v) is 4.20. The average molecular weight is 392 g/mol. The number of anilines is 1. The molecule has 0 spiro atoms. The van der Waals surface area contributed by atoms with E-state index in [1.807, 2.05) is 22.7 Å². The van der Waals surface area contributed by atoms with E-state index < -0.39 is 0 Å². The van der Waals surface area contributed by atoms with Gasteiger partial charge in [0.15, 0.2) is 0 Å². The van der Waals surface area contributed by atoms with Gasteiger partial charge < -0.3 is 5.32 Å². The minimum absolute atomic E-state index is 0.0368. The Bertz CT molecular complexity index is 1020. The highest BCUT2D eigenvalue weighted by Crippen LogP contribution is 2.31. The van der Waals surface area contributed by atoms with Crippen LogP contribution in [0.25, 0.3) is 16.9 Å². The van der Waals surface area contributed by atoms with Gasteiger partial charge in [-0.25, -0.2) is 4.98 Å². The summed E-state index contributed by atoms with van der Waals surface area (Å²) in [4.78, 5) is 17.7. The summed E-state index contributed by atoms with van der Waals surface area (Å²) in [6, 6.07) is 10.5. The normalized spacial score (nSPS) is 12.9. The number of carbonyl (C=O) groups excluding carboxylic acids is 1. The van der Waals surface area contributed by atoms with Gasteiger partial charge in [-0.3, -0.25) is 9.20 Å². The predicted octanol–water partition coefficient (Wildman–Crippen LogP) is 6.33. The number of amides is 1. The van der Waals surface area contributed by atoms with Gasteiger partial charge in [-0.05, 0) is 68.4 Å². The van der Waals surface area contributed by atoms with Crippen LogP contribution in [0.3, 0.4) is 0 Å². The lowest BCUT2D eigenvalue weighted by Gasteiger charge is -2.22. The van der Waals surface area contributed by atoms with Gasteiger partial charge in [0.05, 0.1) is 0 Å². The number of rotatable bonds is 5. The molecule has 29 heavy (non-hydrogen) atoms. The molecule has 0 aliphatic heterocycles. The molecular weight excluding hydrogens is 358 g/mol. The number of imidazole rings is 1. The Labute approximate surface area is 174 Å². The summed E-state index contributed by atoms with van der Waals surface area (Å²) in [7, 11) is 0. The highest BCUT2D eigenvalue weighted by atomic mass is 16.1. The molecule has 1 aromatic carbocycles. The minimum atomic E-state index is 0.0368. The average Bonchev–Trinajstić information content (AvgIpc) is 2.89. The molecule has 3 aromatic rings. The van der Waals surface area contributed by atoms with Crippen LogP contribution in [-0.4, -0.2) is 15.3 Å². The van der Waals surface area contributed by atoms with E-state index in [1.54, 1.807) is 0 Å². The van der Waals surface area contributed by atoms with Crippen molar-refractivity contribution in [1.29, 1.82) is 0 Å². The first-order valence-corrected chi connectivity index (χ1v) is 10.4. The van der Waals surface area contributed by atoms with Crippen molar-refractivity contribution in [3.05, 3.63) is 53.2 Å². The van der Waals surface area contributed by atoms with Crippen molar-refractivity contribution in [3.8, 4) is 11.3 Å². The van der Waals surface area contributed by atoms with Crippen LogP contribution in [0, 0.1) is 32.1 Å². The van der Waals surface area contributed by atoms with Crippen molar-refractivity contribution >= 4 is 17.4 Å². The molecule has 1 atom stereocenters. The molecule has 0 saturated carbocycles. The quantitative estimate of drug-likeness (QED) is 0.552. The van der Waals surface area contributed by atoms with Gasteiger partial charge >= 0.3 is 0 Å². The lowest BCUT2D eigenvalue weighted by molar-refractivity contribution is -0.117. The van der Waals surface area contributed by atoms with Gasteiger partial charge in [0.25, 0.3) is 0 Å². The second-order valence-electron chi connectivity index (χ2n) is 9.74. The monoisotopic (exact) mass is 391 g/mol. The van der Waals surface area contributed by atoms with E-state index in [0.717, 1.165) is 34.7 Å². The summed E-state index contributed by atoms with van der Waals surface area (Å²) < 4.78 is 1.98. The lowest BCUT2D eigenvalue weighted by Crippen LogP contribution is -2.19. The fourth-order valence-electron chi connectivity index (χ4n) is 4.20. The Hall–Kier alpha value is -2.62. The minimum Gasteiger partial charge on any atom is -0.310 e. The van der Waals surface area contributed by atoms with E-state index in [9.17, 15) is 4.79 Å². The third-order valence-corrected chi connectivity index (χ3v) is 5.03. The van der Waals surface area contributed by atoms with Gasteiger partial charge in [0, 0.05) is 18.2 Å². The topological polar surface area (TPSA) is 46.4 Å². The zero-order valence-electron chi connectivity index (χ0n) is 18.8. The summed E-state index contributed by atoms with van der Waals surface area (Å²) >= 11 is 0. The maximum atomic E-state index is 12.9. The first kappa shape index (κ1) is 21.1. The highest BCUT2D eigenvalue weighted by molar-refractivity contribution is 5.94. The third-order valence-electron chi connectivity index (χ3n) is 5.03. The summed E-state index contributed by atoms with van der Waals surface area (Å²) in [6.07, 6.45) is 3.50. The van der Waals surface area contributed by atoms with Crippen LogP contribution in [-0.2, 0) is 4.79 Å². The second-order valence-corrected chi connectivity index (χ2v) is 9.74. The van der Waals surface area contributed by atoms with Crippen LogP contribution in [0.1, 0.15) is 57.2 Å². The second kappa shape index (κ2) is 8.02. The Morgan fingerprint density at radius 3 is 2.34 bits per heavy atom. The molecular formula is C25H33N3O. The van der Waals surface area contributed by atoms with E-state index >= 15 is 0 Å². The Morgan fingerprint density at radius 1 is 1.07 bits per heavy atom. The predicted molar refractivity (Wildman–Crippen MR) is 121 cm³/mol. The maximum absolute atomic E-state index is 12.9. The SMILES string of the molecule is Cc1cc(C)cc(-c2nc3cc(C)ccn3c2NC(=O)C[C@H](C)CC(C)(C)C)c1. The number of aromatic nitrogens is 2. The Morgan fingerprint density at radius 2 is 1.72 bits per heavy atom. The van der Waals surface area contributed by atoms with Gasteiger partial charge in [0.2, 0.25) is 5.91 Å². The number of hydrogen-bond donors (Lipinski definition) is 1. The van der Waals surface area contributed by atoms with E-state index in [0.29, 0.717) is 12.3 Å². The molecule has 1 amide bonds. The van der Waals surface area contributed by atoms with Crippen LogP contribution in [0.15, 0.2) is 36.5 Å². The van der Waals surface area contributed by atoms with E-state index in [-0.39, 0.29) is 11.3 Å². The number of nitrogens with zero attached hydrogens (tertiary/aromatic N) is 2. The Kier molecular flexibility index (Phi) is 5.83. The number of hydrogen-bond acceptors (Lipinski definition) is 2. The molecule has 0 saturated heterocycles. The van der Waals surface area contributed by atoms with Crippen molar-refractivity contribution in [1.82, 2.24) is 9.38 Å². The first-order chi connectivity index (χ1) is 13.5. The van der Waals surface area contributed by atoms with E-state index in [2.05, 4.69) is 72.0 Å². The smallest absolute Gasteiger partial charge is 0.225 e. The first-order valence-electron chi connectivity index (χ1n) is 10.4. The van der Waals surface area contributed by atoms with Crippen LogP contribution in [0.2, 0.25) is 0 Å². The van der Waals surface area contributed by atoms with Gasteiger partial charge in [-0.15, -0.1) is 0 Å². The lowest BCUT2D eigenvalue weighted by atomic mass is 9.84. The molecule has 154 valence electrons. The molecule has 0 aliphatic rings. The molecule has 2 aromatic heterocycles. The van der Waals surface area contributed by atoms with Crippen molar-refractivity contribution in [2.24, 2.45) is 11.3 Å². The highest BCUT2D eigenvalue weighted by Gasteiger charge is 2.21. The molecule has 4 nitrogen and oxygen atoms in total. The largest absolute Gasteiger partial charge is 0.310 e. The van der Waals surface area contributed by atoms with Crippen molar-refractivity contribution in [3.63, 3.8) is 0 Å². The fraction of sp³-hybridized carbons (Fsp3) is 0.440. The van der Waals surface area contributed by atoms with Crippen molar-refractivity contribution in [2.45, 2.75) is 61.3 Å². The summed E-state index contributed by atoms with van der Waals surface area (Å²) in [5, 5.41) is 3.17. The third kappa shape index (κ3) is 5.26. The van der Waals surface area contributed by atoms with Crippen LogP contribution < -0.4 is 5.32 Å². The van der Waals surface area contributed by atoms with Gasteiger partial charge in [0.1, 0.15) is 17.2 Å². The molecule has 0 unspecified atom stereocenters. The number of fused-ring (bicyclic) bond motifs is 1. The molecule has 0 fully saturated rings. The number of nitrogens with one attached hydrogen (secondary N) is 1. The number of aryl methyl sites for hydroxylation is 3. The summed E-state index contributed by atoms with van der Waals surface area (Å²) in [5.41, 5.74) is 6.42. The molecule has 4 heteroatoms. The molecule has 2 heterocycles. The Balaban J connectivity index is 1.98. The molecule has 0 radical (unpaired) electrons. The van der Waals surface area contributed by atoms with Crippen molar-refractivity contribution in [2.75, 3.05) is 5.32 Å². The summed E-state index contributed by atoms with van der Waals surface area (Å²) in [5.74, 6) is 1.11. The zero-order chi connectivity index (χ0) is 21.3. The number of pyridine rings is 1. The van der Waals surface area contributed by atoms with Crippen LogP contribution in [0.5, 0.6) is 0 Å². The number of benzene rings is 1. The van der Waals surface area contributed by atoms with Crippen LogP contribution >= 0.6 is 0 Å². The maximum Gasteiger partial charge on any atom is 0.225 e. The molecule has 0 aliphatic carbocycles. The standard InChI is InChI=1S/C25H33N3O/c1-16-8-9-28-21(13-16)26-23(20-11-17(2)10-18(3)12-20)24(28)27-22(29)14-19(4)15-25(5,6)7/h8-13,19H,14-15H2,1-7H3,(H,27,29)/t19-/m0/s1. The summed E-state index contributed by atoms with van der Waals surface area (Å²) in [6.45, 7) is 15.0. The molecule has 3 rings (SSSR count). The van der Waals surface area contributed by atoms with Gasteiger partial charge in [-0.1, -0.05) is 44.9 Å². The van der Waals surface area contributed by atoms with Crippen LogP contribution in [0.4, 0.5) is 5.82 Å². The molecule has 1 N–H and O–H groups in total. The van der Waals surface area contributed by atoms with E-state index in [4.69, 9.17) is 4.98 Å². The number of carbonyl (C=O) groups is 1. The van der Waals surface area contributed by atoms with E-state index in [1.165, 1.54) is 11.1 Å². The van der Waals surface area contributed by atoms with Gasteiger partial charge in [-0.2, -0.15) is 0 Å². The zero-order valence-corrected chi connectivity index (χ0v) is 18.8. The molecule has 0 bridgehead atoms. The van der Waals surface area contributed by atoms with Crippen molar-refractivity contribution < 1.29 is 4.79 Å².